The van der Waals surface area contributed by atoms with Crippen LogP contribution in [0.15, 0.2) is 0 Å². The van der Waals surface area contributed by atoms with Crippen molar-refractivity contribution in [1.82, 2.24) is 15.5 Å². The second-order valence-electron chi connectivity index (χ2n) is 4.34. The molecule has 0 spiro atoms. The highest BCUT2D eigenvalue weighted by Crippen LogP contribution is 2.28. The second-order valence-corrected chi connectivity index (χ2v) is 4.34. The molecule has 0 aromatic rings. The van der Waals surface area contributed by atoms with Crippen LogP contribution in [0.2, 0.25) is 0 Å². The molecule has 1 aliphatic carbocycles. The molecule has 0 radical (unpaired) electrons. The number of nitrogens with one attached hydrogen (secondary N) is 2. The molecule has 1 fully saturated rings. The first-order chi connectivity index (χ1) is 7.77. The molecule has 16 heavy (non-hydrogen) atoms. The van der Waals surface area contributed by atoms with Gasteiger partial charge in [0, 0.05) is 32.1 Å². The molecule has 1 rings (SSSR count). The van der Waals surface area contributed by atoms with E-state index in [0.717, 1.165) is 52.1 Å². The van der Waals surface area contributed by atoms with E-state index >= 15 is 0 Å². The molecule has 4 heteroatoms. The van der Waals surface area contributed by atoms with Gasteiger partial charge in [0.1, 0.15) is 0 Å². The number of hydrogen-bond acceptors (Lipinski definition) is 3. The van der Waals surface area contributed by atoms with Crippen molar-refractivity contribution in [3.8, 4) is 0 Å². The molecule has 0 atom stereocenters. The van der Waals surface area contributed by atoms with E-state index in [1.165, 1.54) is 0 Å². The number of amides is 1. The minimum atomic E-state index is 0.241. The van der Waals surface area contributed by atoms with Gasteiger partial charge in [-0.3, -0.25) is 4.79 Å². The maximum absolute atomic E-state index is 11.3. The highest BCUT2D eigenvalue weighted by atomic mass is 16.2. The Balaban J connectivity index is 1.85. The fourth-order valence-electron chi connectivity index (χ4n) is 1.67. The highest BCUT2D eigenvalue weighted by Gasteiger charge is 2.28. The molecule has 94 valence electrons. The van der Waals surface area contributed by atoms with Gasteiger partial charge in [-0.15, -0.1) is 0 Å². The molecule has 0 aliphatic heterocycles. The molecule has 0 unspecified atom stereocenters. The summed E-state index contributed by atoms with van der Waals surface area (Å²) in [4.78, 5) is 13.7. The first kappa shape index (κ1) is 13.5. The topological polar surface area (TPSA) is 44.4 Å². The predicted octanol–water partition coefficient (Wildman–Crippen LogP) is 0.444. The molecule has 0 bridgehead atoms. The smallest absolute Gasteiger partial charge is 0.223 e. The lowest BCUT2D eigenvalue weighted by atomic mass is 10.4. The van der Waals surface area contributed by atoms with Crippen LogP contribution in [0.1, 0.15) is 26.7 Å². The molecule has 0 saturated heterocycles. The molecule has 4 nitrogen and oxygen atoms in total. The van der Waals surface area contributed by atoms with E-state index in [0.29, 0.717) is 5.92 Å². The Kier molecular flexibility index (Phi) is 6.42. The van der Waals surface area contributed by atoms with E-state index in [9.17, 15) is 4.79 Å². The van der Waals surface area contributed by atoms with Crippen LogP contribution in [-0.2, 0) is 4.79 Å². The number of hydrogen-bond donors (Lipinski definition) is 2. The lowest BCUT2D eigenvalue weighted by Crippen LogP contribution is -2.36. The Hall–Kier alpha value is -0.610. The van der Waals surface area contributed by atoms with Crippen LogP contribution < -0.4 is 10.6 Å². The lowest BCUT2D eigenvalue weighted by Gasteiger charge is -2.17. The predicted molar refractivity (Wildman–Crippen MR) is 66.4 cm³/mol. The summed E-state index contributed by atoms with van der Waals surface area (Å²) >= 11 is 0. The zero-order valence-electron chi connectivity index (χ0n) is 10.6. The molecule has 1 amide bonds. The van der Waals surface area contributed by atoms with Gasteiger partial charge in [-0.1, -0.05) is 13.8 Å². The maximum Gasteiger partial charge on any atom is 0.223 e. The fraction of sp³-hybridized carbons (Fsp3) is 0.917. The third-order valence-electron chi connectivity index (χ3n) is 3.05. The first-order valence-corrected chi connectivity index (χ1v) is 6.48. The van der Waals surface area contributed by atoms with Crippen LogP contribution in [0.5, 0.6) is 0 Å². The minimum Gasteiger partial charge on any atom is -0.355 e. The number of rotatable bonds is 9. The average molecular weight is 227 g/mol. The zero-order valence-corrected chi connectivity index (χ0v) is 10.6. The van der Waals surface area contributed by atoms with Crippen LogP contribution >= 0.6 is 0 Å². The highest BCUT2D eigenvalue weighted by molar-refractivity contribution is 5.80. The second kappa shape index (κ2) is 7.63. The molecule has 1 aliphatic rings. The Morgan fingerprint density at radius 1 is 1.19 bits per heavy atom. The van der Waals surface area contributed by atoms with Crippen LogP contribution in [0, 0.1) is 5.92 Å². The molecular formula is C12H25N3O. The zero-order chi connectivity index (χ0) is 11.8. The van der Waals surface area contributed by atoms with Gasteiger partial charge in [-0.2, -0.15) is 0 Å². The number of carbonyl (C=O) groups excluding carboxylic acids is 1. The van der Waals surface area contributed by atoms with E-state index < -0.39 is 0 Å². The molecule has 2 N–H and O–H groups in total. The van der Waals surface area contributed by atoms with Crippen molar-refractivity contribution in [2.24, 2.45) is 5.92 Å². The summed E-state index contributed by atoms with van der Waals surface area (Å²) in [5.41, 5.74) is 0. The van der Waals surface area contributed by atoms with Crippen molar-refractivity contribution >= 4 is 5.91 Å². The van der Waals surface area contributed by atoms with Crippen LogP contribution in [0.3, 0.4) is 0 Å². The monoisotopic (exact) mass is 227 g/mol. The van der Waals surface area contributed by atoms with Gasteiger partial charge >= 0.3 is 0 Å². The molecule has 0 aromatic carbocycles. The standard InChI is InChI=1S/C12H25N3O/c1-3-15(4-2)10-9-13-7-8-14-12(16)11-5-6-11/h11,13H,3-10H2,1-2H3,(H,14,16). The summed E-state index contributed by atoms with van der Waals surface area (Å²) in [7, 11) is 0. The summed E-state index contributed by atoms with van der Waals surface area (Å²) in [5.74, 6) is 0.571. The largest absolute Gasteiger partial charge is 0.355 e. The minimum absolute atomic E-state index is 0.241. The van der Waals surface area contributed by atoms with E-state index in [1.807, 2.05) is 0 Å². The number of likely N-dealkylation sites (N-methyl/N-ethyl adjacent to an activating group) is 1. The molecule has 1 saturated carbocycles. The quantitative estimate of drug-likeness (QED) is 0.562. The average Bonchev–Trinajstić information content (AvgIpc) is 3.12. The molecule has 0 aromatic heterocycles. The lowest BCUT2D eigenvalue weighted by molar-refractivity contribution is -0.122. The van der Waals surface area contributed by atoms with Crippen molar-refractivity contribution in [3.63, 3.8) is 0 Å². The van der Waals surface area contributed by atoms with Crippen molar-refractivity contribution in [2.75, 3.05) is 39.3 Å². The number of carbonyl (C=O) groups is 1. The van der Waals surface area contributed by atoms with Crippen molar-refractivity contribution < 1.29 is 4.79 Å². The van der Waals surface area contributed by atoms with Crippen LogP contribution in [0.4, 0.5) is 0 Å². The third kappa shape index (κ3) is 5.47. The Labute approximate surface area is 98.8 Å². The summed E-state index contributed by atoms with van der Waals surface area (Å²) in [6.07, 6.45) is 2.17. The van der Waals surface area contributed by atoms with E-state index in [-0.39, 0.29) is 5.91 Å². The van der Waals surface area contributed by atoms with Gasteiger partial charge in [-0.05, 0) is 25.9 Å². The van der Waals surface area contributed by atoms with Crippen molar-refractivity contribution in [3.05, 3.63) is 0 Å². The number of nitrogens with zero attached hydrogens (tertiary/aromatic N) is 1. The summed E-state index contributed by atoms with van der Waals surface area (Å²) in [6.45, 7) is 10.3. The SMILES string of the molecule is CCN(CC)CCNCCNC(=O)C1CC1. The van der Waals surface area contributed by atoms with Gasteiger partial charge in [0.2, 0.25) is 5.91 Å². The Bertz CT molecular complexity index is 200. The van der Waals surface area contributed by atoms with Gasteiger partial charge in [0.05, 0.1) is 0 Å². The van der Waals surface area contributed by atoms with Crippen LogP contribution in [0.25, 0.3) is 0 Å². The van der Waals surface area contributed by atoms with Crippen LogP contribution in [-0.4, -0.2) is 50.1 Å². The van der Waals surface area contributed by atoms with E-state index in [1.54, 1.807) is 0 Å². The Morgan fingerprint density at radius 2 is 1.88 bits per heavy atom. The van der Waals surface area contributed by atoms with E-state index in [4.69, 9.17) is 0 Å². The Morgan fingerprint density at radius 3 is 2.44 bits per heavy atom. The summed E-state index contributed by atoms with van der Waals surface area (Å²) in [6, 6.07) is 0. The first-order valence-electron chi connectivity index (χ1n) is 6.48. The van der Waals surface area contributed by atoms with Crippen molar-refractivity contribution in [2.45, 2.75) is 26.7 Å². The maximum atomic E-state index is 11.3. The van der Waals surface area contributed by atoms with Gasteiger partial charge < -0.3 is 15.5 Å². The molecular weight excluding hydrogens is 202 g/mol. The fourth-order valence-corrected chi connectivity index (χ4v) is 1.67. The summed E-state index contributed by atoms with van der Waals surface area (Å²) < 4.78 is 0. The van der Waals surface area contributed by atoms with Gasteiger partial charge in [0.15, 0.2) is 0 Å². The summed E-state index contributed by atoms with van der Waals surface area (Å²) in [5, 5.41) is 6.29. The van der Waals surface area contributed by atoms with Gasteiger partial charge in [0.25, 0.3) is 0 Å². The van der Waals surface area contributed by atoms with Crippen molar-refractivity contribution in [1.29, 1.82) is 0 Å². The molecule has 0 heterocycles. The normalized spacial score (nSPS) is 15.4. The van der Waals surface area contributed by atoms with Gasteiger partial charge in [-0.25, -0.2) is 0 Å². The third-order valence-corrected chi connectivity index (χ3v) is 3.05. The van der Waals surface area contributed by atoms with E-state index in [2.05, 4.69) is 29.4 Å².